The Balaban J connectivity index is 0.00000112. The van der Waals surface area contributed by atoms with Gasteiger partial charge in [0.15, 0.2) is 0 Å². The first-order valence-electron chi connectivity index (χ1n) is 4.50. The lowest BCUT2D eigenvalue weighted by Crippen LogP contribution is -1.84. The Kier molecular flexibility index (Phi) is 3.69. The minimum absolute atomic E-state index is 0. The third kappa shape index (κ3) is 2.48. The molecule has 0 heterocycles. The minimum Gasteiger partial charge on any atom is -0.508 e. The van der Waals surface area contributed by atoms with Crippen LogP contribution in [0.25, 0.3) is 10.8 Å². The van der Waals surface area contributed by atoms with E-state index in [2.05, 4.69) is 0 Å². The van der Waals surface area contributed by atoms with Crippen LogP contribution in [0.4, 0.5) is 0 Å². The van der Waals surface area contributed by atoms with Crippen LogP contribution < -0.4 is 0 Å². The summed E-state index contributed by atoms with van der Waals surface area (Å²) in [6, 6.07) is 11.3. The monoisotopic (exact) mass is 221 g/mol. The summed E-state index contributed by atoms with van der Waals surface area (Å²) >= 11 is 0. The number of phenolic OH excluding ortho intramolecular Hbond substituents is 1. The molecular formula is C12H12ClNO. The van der Waals surface area contributed by atoms with Crippen molar-refractivity contribution in [2.24, 2.45) is 0 Å². The van der Waals surface area contributed by atoms with Crippen LogP contribution >= 0.6 is 12.4 Å². The van der Waals surface area contributed by atoms with Crippen LogP contribution in [0.3, 0.4) is 0 Å². The number of halogens is 1. The van der Waals surface area contributed by atoms with Gasteiger partial charge in [0, 0.05) is 6.42 Å². The van der Waals surface area contributed by atoms with Crippen LogP contribution in [0.15, 0.2) is 36.4 Å². The first-order chi connectivity index (χ1) is 6.79. The molecule has 2 nitrogen and oxygen atoms in total. The second-order valence-corrected chi connectivity index (χ2v) is 3.27. The second-order valence-electron chi connectivity index (χ2n) is 3.27. The molecule has 0 saturated heterocycles. The quantitative estimate of drug-likeness (QED) is 0.752. The summed E-state index contributed by atoms with van der Waals surface area (Å²) in [5.41, 5.74) is 1.12. The van der Waals surface area contributed by atoms with Gasteiger partial charge < -0.3 is 10.5 Å². The van der Waals surface area contributed by atoms with Crippen LogP contribution in [0.2, 0.25) is 0 Å². The van der Waals surface area contributed by atoms with Gasteiger partial charge in [-0.1, -0.05) is 24.3 Å². The van der Waals surface area contributed by atoms with Crippen LogP contribution in [-0.2, 0) is 6.42 Å². The fourth-order valence-electron chi connectivity index (χ4n) is 1.53. The van der Waals surface area contributed by atoms with Crippen molar-refractivity contribution in [1.82, 2.24) is 0 Å². The number of nitrogens with one attached hydrogen (secondary N) is 1. The Morgan fingerprint density at radius 2 is 1.73 bits per heavy atom. The van der Waals surface area contributed by atoms with Crippen molar-refractivity contribution in [1.29, 1.82) is 5.41 Å². The normalized spacial score (nSPS) is 9.60. The van der Waals surface area contributed by atoms with E-state index in [-0.39, 0.29) is 18.2 Å². The number of phenols is 1. The molecule has 2 aromatic rings. The molecule has 15 heavy (non-hydrogen) atoms. The summed E-state index contributed by atoms with van der Waals surface area (Å²) in [6.45, 7) is 0. The summed E-state index contributed by atoms with van der Waals surface area (Å²) in [4.78, 5) is 0. The van der Waals surface area contributed by atoms with Gasteiger partial charge in [0.05, 0.1) is 0 Å². The van der Waals surface area contributed by atoms with E-state index in [0.29, 0.717) is 6.42 Å². The topological polar surface area (TPSA) is 44.1 Å². The fourth-order valence-corrected chi connectivity index (χ4v) is 1.53. The van der Waals surface area contributed by atoms with Crippen molar-refractivity contribution in [2.45, 2.75) is 6.42 Å². The van der Waals surface area contributed by atoms with Crippen molar-refractivity contribution >= 4 is 29.4 Å². The standard InChI is InChI=1S/C12H11NO.ClH/c13-6-5-9-1-2-11-8-12(14)4-3-10(11)7-9;/h1-4,6-8,13-14H,5H2;1H. The Hall–Kier alpha value is -1.54. The van der Waals surface area contributed by atoms with Gasteiger partial charge >= 0.3 is 0 Å². The van der Waals surface area contributed by atoms with E-state index in [4.69, 9.17) is 5.41 Å². The first kappa shape index (κ1) is 11.5. The molecule has 0 aliphatic rings. The largest absolute Gasteiger partial charge is 0.508 e. The van der Waals surface area contributed by atoms with E-state index in [1.54, 1.807) is 12.1 Å². The van der Waals surface area contributed by atoms with Gasteiger partial charge in [-0.3, -0.25) is 0 Å². The SMILES string of the molecule is Cl.N=CCc1ccc2cc(O)ccc2c1. The van der Waals surface area contributed by atoms with E-state index in [0.717, 1.165) is 16.3 Å². The van der Waals surface area contributed by atoms with Gasteiger partial charge in [-0.05, 0) is 34.7 Å². The average Bonchev–Trinajstić information content (AvgIpc) is 2.19. The molecular weight excluding hydrogens is 210 g/mol. The number of benzene rings is 2. The Morgan fingerprint density at radius 3 is 2.47 bits per heavy atom. The summed E-state index contributed by atoms with van der Waals surface area (Å²) in [7, 11) is 0. The third-order valence-corrected chi connectivity index (χ3v) is 2.23. The highest BCUT2D eigenvalue weighted by Crippen LogP contribution is 2.20. The van der Waals surface area contributed by atoms with E-state index in [1.165, 1.54) is 6.21 Å². The molecule has 0 spiro atoms. The third-order valence-electron chi connectivity index (χ3n) is 2.23. The van der Waals surface area contributed by atoms with Crippen molar-refractivity contribution in [3.63, 3.8) is 0 Å². The van der Waals surface area contributed by atoms with Gasteiger partial charge in [-0.2, -0.15) is 0 Å². The van der Waals surface area contributed by atoms with Gasteiger partial charge in [0.1, 0.15) is 5.75 Å². The molecule has 2 rings (SSSR count). The molecule has 0 saturated carbocycles. The lowest BCUT2D eigenvalue weighted by atomic mass is 10.1. The molecule has 0 aliphatic carbocycles. The predicted molar refractivity (Wildman–Crippen MR) is 65.3 cm³/mol. The zero-order chi connectivity index (χ0) is 9.97. The zero-order valence-electron chi connectivity index (χ0n) is 8.10. The van der Waals surface area contributed by atoms with Crippen molar-refractivity contribution in [2.75, 3.05) is 0 Å². The lowest BCUT2D eigenvalue weighted by molar-refractivity contribution is 0.476. The molecule has 0 fully saturated rings. The molecule has 0 bridgehead atoms. The molecule has 0 radical (unpaired) electrons. The predicted octanol–water partition coefficient (Wildman–Crippen LogP) is 3.16. The zero-order valence-corrected chi connectivity index (χ0v) is 8.92. The smallest absolute Gasteiger partial charge is 0.116 e. The molecule has 2 aromatic carbocycles. The Bertz CT molecular complexity index is 482. The van der Waals surface area contributed by atoms with Gasteiger partial charge in [-0.25, -0.2) is 0 Å². The van der Waals surface area contributed by atoms with Crippen LogP contribution in [0, 0.1) is 5.41 Å². The van der Waals surface area contributed by atoms with E-state index < -0.39 is 0 Å². The first-order valence-corrected chi connectivity index (χ1v) is 4.50. The van der Waals surface area contributed by atoms with E-state index >= 15 is 0 Å². The summed E-state index contributed by atoms with van der Waals surface area (Å²) in [5, 5.41) is 18.4. The number of fused-ring (bicyclic) bond motifs is 1. The van der Waals surface area contributed by atoms with E-state index in [9.17, 15) is 5.11 Å². The molecule has 0 amide bonds. The summed E-state index contributed by atoms with van der Waals surface area (Å²) in [5.74, 6) is 0.289. The highest BCUT2D eigenvalue weighted by molar-refractivity contribution is 5.85. The number of aromatic hydroxyl groups is 1. The molecule has 0 atom stereocenters. The number of rotatable bonds is 2. The maximum absolute atomic E-state index is 9.27. The van der Waals surface area contributed by atoms with Crippen LogP contribution in [-0.4, -0.2) is 11.3 Å². The molecule has 0 aliphatic heterocycles. The Morgan fingerprint density at radius 1 is 1.07 bits per heavy atom. The summed E-state index contributed by atoms with van der Waals surface area (Å²) < 4.78 is 0. The maximum atomic E-state index is 9.27. The highest BCUT2D eigenvalue weighted by atomic mass is 35.5. The molecule has 0 unspecified atom stereocenters. The Labute approximate surface area is 94.5 Å². The van der Waals surface area contributed by atoms with Crippen molar-refractivity contribution < 1.29 is 5.11 Å². The molecule has 78 valence electrons. The minimum atomic E-state index is 0. The van der Waals surface area contributed by atoms with Crippen molar-refractivity contribution in [3.05, 3.63) is 42.0 Å². The highest BCUT2D eigenvalue weighted by Gasteiger charge is 1.96. The fraction of sp³-hybridized carbons (Fsp3) is 0.0833. The maximum Gasteiger partial charge on any atom is 0.116 e. The van der Waals surface area contributed by atoms with Crippen LogP contribution in [0.5, 0.6) is 5.75 Å². The van der Waals surface area contributed by atoms with Crippen molar-refractivity contribution in [3.8, 4) is 5.75 Å². The van der Waals surface area contributed by atoms with Gasteiger partial charge in [-0.15, -0.1) is 12.4 Å². The number of hydrogen-bond donors (Lipinski definition) is 2. The second kappa shape index (κ2) is 4.80. The van der Waals surface area contributed by atoms with Gasteiger partial charge in [0.25, 0.3) is 0 Å². The average molecular weight is 222 g/mol. The molecule has 0 aromatic heterocycles. The summed E-state index contributed by atoms with van der Waals surface area (Å²) in [6.07, 6.45) is 2.05. The van der Waals surface area contributed by atoms with E-state index in [1.807, 2.05) is 24.3 Å². The molecule has 2 N–H and O–H groups in total. The molecule has 3 heteroatoms. The lowest BCUT2D eigenvalue weighted by Gasteiger charge is -2.01. The number of hydrogen-bond acceptors (Lipinski definition) is 2. The van der Waals surface area contributed by atoms with Gasteiger partial charge in [0.2, 0.25) is 0 Å². The van der Waals surface area contributed by atoms with Crippen LogP contribution in [0.1, 0.15) is 5.56 Å².